The van der Waals surface area contributed by atoms with E-state index in [1.807, 2.05) is 43.3 Å². The highest BCUT2D eigenvalue weighted by Crippen LogP contribution is 2.30. The van der Waals surface area contributed by atoms with Gasteiger partial charge in [-0.3, -0.25) is 4.79 Å². The summed E-state index contributed by atoms with van der Waals surface area (Å²) in [6.45, 7) is 4.25. The van der Waals surface area contributed by atoms with Crippen molar-refractivity contribution < 1.29 is 14.3 Å². The third-order valence-corrected chi connectivity index (χ3v) is 4.47. The highest BCUT2D eigenvalue weighted by atomic mass is 16.5. The van der Waals surface area contributed by atoms with Gasteiger partial charge >= 0.3 is 0 Å². The van der Waals surface area contributed by atoms with E-state index in [1.165, 1.54) is 24.0 Å². The maximum Gasteiger partial charge on any atom is 0.265 e. The van der Waals surface area contributed by atoms with Crippen molar-refractivity contribution >= 4 is 11.6 Å². The van der Waals surface area contributed by atoms with Gasteiger partial charge in [0.2, 0.25) is 0 Å². The van der Waals surface area contributed by atoms with Crippen molar-refractivity contribution in [2.45, 2.75) is 45.6 Å². The molecule has 1 amide bonds. The largest absolute Gasteiger partial charge is 0.492 e. The minimum atomic E-state index is -0.580. The minimum absolute atomic E-state index is 0.180. The molecular formula is C21H25NO3. The van der Waals surface area contributed by atoms with E-state index in [9.17, 15) is 4.79 Å². The summed E-state index contributed by atoms with van der Waals surface area (Å²) in [6, 6.07) is 13.6. The highest BCUT2D eigenvalue weighted by molar-refractivity contribution is 5.95. The smallest absolute Gasteiger partial charge is 0.265 e. The maximum absolute atomic E-state index is 12.5. The van der Waals surface area contributed by atoms with Crippen LogP contribution in [0.15, 0.2) is 42.5 Å². The number of rotatable bonds is 6. The molecule has 0 saturated carbocycles. The van der Waals surface area contributed by atoms with Gasteiger partial charge in [0.05, 0.1) is 12.3 Å². The van der Waals surface area contributed by atoms with Crippen molar-refractivity contribution in [3.63, 3.8) is 0 Å². The number of nitrogens with one attached hydrogen (secondary N) is 1. The fourth-order valence-corrected chi connectivity index (χ4v) is 3.19. The fourth-order valence-electron chi connectivity index (χ4n) is 3.19. The number of amides is 1. The van der Waals surface area contributed by atoms with Crippen molar-refractivity contribution in [2.75, 3.05) is 11.9 Å². The van der Waals surface area contributed by atoms with Gasteiger partial charge in [0.25, 0.3) is 5.91 Å². The van der Waals surface area contributed by atoms with Gasteiger partial charge in [-0.05, 0) is 68.9 Å². The molecule has 0 aliphatic heterocycles. The van der Waals surface area contributed by atoms with E-state index in [-0.39, 0.29) is 5.91 Å². The van der Waals surface area contributed by atoms with Gasteiger partial charge in [-0.15, -0.1) is 0 Å². The first-order valence-electron chi connectivity index (χ1n) is 8.99. The Morgan fingerprint density at radius 2 is 1.84 bits per heavy atom. The Balaban J connectivity index is 1.70. The number of fused-ring (bicyclic) bond motifs is 1. The molecule has 2 aromatic rings. The summed E-state index contributed by atoms with van der Waals surface area (Å²) in [5.41, 5.74) is 3.26. The van der Waals surface area contributed by atoms with Crippen LogP contribution in [-0.2, 0) is 17.6 Å². The zero-order valence-corrected chi connectivity index (χ0v) is 14.9. The predicted octanol–water partition coefficient (Wildman–Crippen LogP) is 4.37. The summed E-state index contributed by atoms with van der Waals surface area (Å²) in [4.78, 5) is 12.5. The van der Waals surface area contributed by atoms with Gasteiger partial charge in [0.1, 0.15) is 11.5 Å². The first kappa shape index (κ1) is 17.3. The van der Waals surface area contributed by atoms with Gasteiger partial charge in [-0.1, -0.05) is 24.3 Å². The van der Waals surface area contributed by atoms with E-state index in [1.54, 1.807) is 6.92 Å². The topological polar surface area (TPSA) is 47.6 Å². The molecule has 0 bridgehead atoms. The third-order valence-electron chi connectivity index (χ3n) is 4.47. The van der Waals surface area contributed by atoms with Crippen molar-refractivity contribution in [1.29, 1.82) is 0 Å². The van der Waals surface area contributed by atoms with E-state index in [0.717, 1.165) is 18.6 Å². The zero-order chi connectivity index (χ0) is 17.6. The first-order valence-corrected chi connectivity index (χ1v) is 8.99. The average Bonchev–Trinajstić information content (AvgIpc) is 2.64. The number of carbonyl (C=O) groups excluding carboxylic acids is 1. The Kier molecular flexibility index (Phi) is 5.59. The van der Waals surface area contributed by atoms with Crippen LogP contribution in [-0.4, -0.2) is 18.6 Å². The van der Waals surface area contributed by atoms with Crippen LogP contribution in [0.5, 0.6) is 11.5 Å². The SMILES string of the molecule is CCOc1ccccc1NC(=O)[C@@H](C)Oc1cccc2c1CCCC2. The normalized spacial score (nSPS) is 14.3. The van der Waals surface area contributed by atoms with Crippen LogP contribution in [0.25, 0.3) is 0 Å². The number of hydrogen-bond donors (Lipinski definition) is 1. The molecule has 0 fully saturated rings. The molecule has 0 saturated heterocycles. The van der Waals surface area contributed by atoms with E-state index in [2.05, 4.69) is 11.4 Å². The van der Waals surface area contributed by atoms with Gasteiger partial charge in [-0.2, -0.15) is 0 Å². The molecule has 0 aromatic heterocycles. The van der Waals surface area contributed by atoms with Crippen LogP contribution in [0.4, 0.5) is 5.69 Å². The quantitative estimate of drug-likeness (QED) is 0.850. The van der Waals surface area contributed by atoms with Crippen LogP contribution in [0, 0.1) is 0 Å². The Labute approximate surface area is 149 Å². The number of benzene rings is 2. The van der Waals surface area contributed by atoms with E-state index >= 15 is 0 Å². The Morgan fingerprint density at radius 3 is 2.68 bits per heavy atom. The summed E-state index contributed by atoms with van der Waals surface area (Å²) in [5, 5.41) is 2.91. The van der Waals surface area contributed by atoms with E-state index in [0.29, 0.717) is 18.0 Å². The molecule has 25 heavy (non-hydrogen) atoms. The van der Waals surface area contributed by atoms with Crippen LogP contribution in [0.1, 0.15) is 37.8 Å². The minimum Gasteiger partial charge on any atom is -0.492 e. The summed E-state index contributed by atoms with van der Waals surface area (Å²) >= 11 is 0. The molecule has 1 aliphatic carbocycles. The predicted molar refractivity (Wildman–Crippen MR) is 99.4 cm³/mol. The van der Waals surface area contributed by atoms with Gasteiger partial charge in [-0.25, -0.2) is 0 Å². The molecule has 1 atom stereocenters. The lowest BCUT2D eigenvalue weighted by atomic mass is 9.91. The molecule has 4 heteroatoms. The lowest BCUT2D eigenvalue weighted by Gasteiger charge is -2.22. The zero-order valence-electron chi connectivity index (χ0n) is 14.9. The monoisotopic (exact) mass is 339 g/mol. The summed E-state index contributed by atoms with van der Waals surface area (Å²) < 4.78 is 11.5. The number of para-hydroxylation sites is 2. The van der Waals surface area contributed by atoms with Crippen molar-refractivity contribution in [2.24, 2.45) is 0 Å². The summed E-state index contributed by atoms with van der Waals surface area (Å²) in [7, 11) is 0. The number of aryl methyl sites for hydroxylation is 1. The first-order chi connectivity index (χ1) is 12.2. The number of anilines is 1. The second-order valence-corrected chi connectivity index (χ2v) is 6.28. The molecule has 0 heterocycles. The average molecular weight is 339 g/mol. The second-order valence-electron chi connectivity index (χ2n) is 6.28. The number of carbonyl (C=O) groups is 1. The molecule has 2 aromatic carbocycles. The maximum atomic E-state index is 12.5. The fraction of sp³-hybridized carbons (Fsp3) is 0.381. The molecule has 0 radical (unpaired) electrons. The highest BCUT2D eigenvalue weighted by Gasteiger charge is 2.20. The molecule has 1 aliphatic rings. The van der Waals surface area contributed by atoms with Crippen LogP contribution in [0.2, 0.25) is 0 Å². The van der Waals surface area contributed by atoms with Crippen LogP contribution < -0.4 is 14.8 Å². The van der Waals surface area contributed by atoms with Crippen LogP contribution >= 0.6 is 0 Å². The number of hydrogen-bond acceptors (Lipinski definition) is 3. The summed E-state index contributed by atoms with van der Waals surface area (Å²) in [5.74, 6) is 1.32. The van der Waals surface area contributed by atoms with Gasteiger partial charge in [0, 0.05) is 0 Å². The Morgan fingerprint density at radius 1 is 1.08 bits per heavy atom. The van der Waals surface area contributed by atoms with E-state index in [4.69, 9.17) is 9.47 Å². The lowest BCUT2D eigenvalue weighted by Crippen LogP contribution is -2.30. The number of ether oxygens (including phenoxy) is 2. The van der Waals surface area contributed by atoms with Crippen molar-refractivity contribution in [3.05, 3.63) is 53.6 Å². The van der Waals surface area contributed by atoms with E-state index < -0.39 is 6.10 Å². The molecule has 0 spiro atoms. The Hall–Kier alpha value is -2.49. The molecule has 3 rings (SSSR count). The lowest BCUT2D eigenvalue weighted by molar-refractivity contribution is -0.122. The third kappa shape index (κ3) is 4.13. The van der Waals surface area contributed by atoms with Crippen molar-refractivity contribution in [1.82, 2.24) is 0 Å². The summed E-state index contributed by atoms with van der Waals surface area (Å²) in [6.07, 6.45) is 3.93. The molecule has 0 unspecified atom stereocenters. The van der Waals surface area contributed by atoms with Crippen molar-refractivity contribution in [3.8, 4) is 11.5 Å². The molecular weight excluding hydrogens is 314 g/mol. The standard InChI is InChI=1S/C21H25NO3/c1-3-24-20-13-7-6-12-18(20)22-21(23)15(2)25-19-14-8-10-16-9-4-5-11-17(16)19/h6-8,10,12-15H,3-5,9,11H2,1-2H3,(H,22,23)/t15-/m1/s1. The molecule has 1 N–H and O–H groups in total. The Bertz CT molecular complexity index is 742. The van der Waals surface area contributed by atoms with Gasteiger partial charge in [0.15, 0.2) is 6.10 Å². The molecule has 132 valence electrons. The van der Waals surface area contributed by atoms with Crippen LogP contribution in [0.3, 0.4) is 0 Å². The van der Waals surface area contributed by atoms with Gasteiger partial charge < -0.3 is 14.8 Å². The second kappa shape index (κ2) is 8.06. The molecule has 4 nitrogen and oxygen atoms in total.